The van der Waals surface area contributed by atoms with Gasteiger partial charge in [-0.25, -0.2) is 0 Å². The summed E-state index contributed by atoms with van der Waals surface area (Å²) >= 11 is 1.52. The second-order valence-electron chi connectivity index (χ2n) is 5.76. The molecular weight excluding hydrogens is 326 g/mol. The predicted octanol–water partition coefficient (Wildman–Crippen LogP) is 2.69. The van der Waals surface area contributed by atoms with Crippen molar-refractivity contribution in [3.05, 3.63) is 52.2 Å². The molecular formula is C18H19NO4S. The summed E-state index contributed by atoms with van der Waals surface area (Å²) in [5.74, 6) is -1.10. The number of anilines is 1. The number of benzene rings is 1. The zero-order valence-electron chi connectivity index (χ0n) is 13.3. The molecule has 126 valence electrons. The summed E-state index contributed by atoms with van der Waals surface area (Å²) in [5.41, 5.74) is 1.89. The van der Waals surface area contributed by atoms with E-state index in [4.69, 9.17) is 9.84 Å². The Bertz CT molecular complexity index is 711. The molecule has 5 nitrogen and oxygen atoms in total. The van der Waals surface area contributed by atoms with Crippen molar-refractivity contribution < 1.29 is 19.4 Å². The zero-order valence-corrected chi connectivity index (χ0v) is 14.2. The second-order valence-corrected chi connectivity index (χ2v) is 6.74. The van der Waals surface area contributed by atoms with Gasteiger partial charge in [0.05, 0.1) is 18.6 Å². The van der Waals surface area contributed by atoms with Gasteiger partial charge in [0.1, 0.15) is 6.61 Å². The first-order chi connectivity index (χ1) is 11.6. The molecule has 2 aromatic rings. The van der Waals surface area contributed by atoms with E-state index < -0.39 is 11.9 Å². The number of aliphatic hydroxyl groups excluding tert-OH is 1. The molecule has 1 aliphatic heterocycles. The van der Waals surface area contributed by atoms with Gasteiger partial charge in [-0.15, -0.1) is 11.3 Å². The molecule has 0 spiro atoms. The molecule has 2 heterocycles. The maximum Gasteiger partial charge on any atom is 0.312 e. The standard InChI is InChI=1S/C18H19NO4S/c1-12-4-6-13(7-5-12)19-16(21)11-14(18(22)23-9-8-20)17(19)15-3-2-10-24-15/h2-7,10,14,17,20H,8-9,11H2,1H3/t14-,17-/m1/s1. The molecule has 0 radical (unpaired) electrons. The minimum atomic E-state index is -0.566. The molecule has 6 heteroatoms. The Morgan fingerprint density at radius 3 is 2.71 bits per heavy atom. The van der Waals surface area contributed by atoms with Crippen LogP contribution in [0.15, 0.2) is 41.8 Å². The highest BCUT2D eigenvalue weighted by Crippen LogP contribution is 2.43. The Labute approximate surface area is 144 Å². The van der Waals surface area contributed by atoms with Crippen molar-refractivity contribution in [3.8, 4) is 0 Å². The maximum atomic E-state index is 12.6. The smallest absolute Gasteiger partial charge is 0.312 e. The van der Waals surface area contributed by atoms with E-state index >= 15 is 0 Å². The number of rotatable bonds is 5. The molecule has 1 aromatic carbocycles. The monoisotopic (exact) mass is 345 g/mol. The SMILES string of the molecule is Cc1ccc(N2C(=O)C[C@@H](C(=O)OCCO)[C@@H]2c2cccs2)cc1. The van der Waals surface area contributed by atoms with Crippen LogP contribution >= 0.6 is 11.3 Å². The number of carbonyl (C=O) groups is 2. The highest BCUT2D eigenvalue weighted by molar-refractivity contribution is 7.10. The highest BCUT2D eigenvalue weighted by Gasteiger charge is 2.46. The van der Waals surface area contributed by atoms with Crippen LogP contribution in [0.1, 0.15) is 22.9 Å². The lowest BCUT2D eigenvalue weighted by Crippen LogP contribution is -2.30. The fourth-order valence-electron chi connectivity index (χ4n) is 2.99. The van der Waals surface area contributed by atoms with E-state index in [0.717, 1.165) is 16.1 Å². The van der Waals surface area contributed by atoms with Gasteiger partial charge in [0.25, 0.3) is 0 Å². The molecule has 1 aliphatic rings. The van der Waals surface area contributed by atoms with Crippen LogP contribution in [0.25, 0.3) is 0 Å². The third-order valence-corrected chi connectivity index (χ3v) is 5.05. The number of nitrogens with zero attached hydrogens (tertiary/aromatic N) is 1. The summed E-state index contributed by atoms with van der Waals surface area (Å²) in [7, 11) is 0. The lowest BCUT2D eigenvalue weighted by molar-refractivity contribution is -0.150. The fraction of sp³-hybridized carbons (Fsp3) is 0.333. The quantitative estimate of drug-likeness (QED) is 0.846. The number of esters is 1. The summed E-state index contributed by atoms with van der Waals surface area (Å²) in [6.07, 6.45) is 0.112. The van der Waals surface area contributed by atoms with Crippen LogP contribution in [0, 0.1) is 12.8 Å². The van der Waals surface area contributed by atoms with E-state index in [-0.39, 0.29) is 31.6 Å². The van der Waals surface area contributed by atoms with Gasteiger partial charge >= 0.3 is 5.97 Å². The van der Waals surface area contributed by atoms with E-state index in [2.05, 4.69) is 0 Å². The summed E-state index contributed by atoms with van der Waals surface area (Å²) < 4.78 is 5.09. The average Bonchev–Trinajstić information content (AvgIpc) is 3.21. The molecule has 0 bridgehead atoms. The Balaban J connectivity index is 1.96. The van der Waals surface area contributed by atoms with Gasteiger partial charge in [0.2, 0.25) is 5.91 Å². The highest BCUT2D eigenvalue weighted by atomic mass is 32.1. The molecule has 1 fully saturated rings. The van der Waals surface area contributed by atoms with Crippen LogP contribution in [0.2, 0.25) is 0 Å². The fourth-order valence-corrected chi connectivity index (χ4v) is 3.87. The van der Waals surface area contributed by atoms with E-state index in [1.807, 2.05) is 48.7 Å². The van der Waals surface area contributed by atoms with Gasteiger partial charge in [-0.2, -0.15) is 0 Å². The van der Waals surface area contributed by atoms with Crippen molar-refractivity contribution in [3.63, 3.8) is 0 Å². The molecule has 1 saturated heterocycles. The predicted molar refractivity (Wildman–Crippen MR) is 91.9 cm³/mol. The summed E-state index contributed by atoms with van der Waals surface area (Å²) in [6, 6.07) is 11.2. The van der Waals surface area contributed by atoms with Crippen molar-refractivity contribution in [1.29, 1.82) is 0 Å². The van der Waals surface area contributed by atoms with Gasteiger partial charge in [0, 0.05) is 17.0 Å². The van der Waals surface area contributed by atoms with E-state index in [1.54, 1.807) is 4.90 Å². The lowest BCUT2D eigenvalue weighted by atomic mass is 9.99. The van der Waals surface area contributed by atoms with Gasteiger partial charge < -0.3 is 14.7 Å². The van der Waals surface area contributed by atoms with E-state index in [1.165, 1.54) is 11.3 Å². The number of carbonyl (C=O) groups excluding carboxylic acids is 2. The van der Waals surface area contributed by atoms with Gasteiger partial charge in [-0.3, -0.25) is 9.59 Å². The number of aryl methyl sites for hydroxylation is 1. The number of ether oxygens (including phenoxy) is 1. The first kappa shape index (κ1) is 16.7. The first-order valence-corrected chi connectivity index (χ1v) is 8.69. The lowest BCUT2D eigenvalue weighted by Gasteiger charge is -2.27. The van der Waals surface area contributed by atoms with Crippen molar-refractivity contribution in [2.24, 2.45) is 5.92 Å². The molecule has 3 rings (SSSR count). The van der Waals surface area contributed by atoms with E-state index in [0.29, 0.717) is 0 Å². The van der Waals surface area contributed by atoms with Gasteiger partial charge in [-0.1, -0.05) is 23.8 Å². The average molecular weight is 345 g/mol. The molecule has 1 aromatic heterocycles. The second kappa shape index (κ2) is 7.15. The first-order valence-electron chi connectivity index (χ1n) is 7.81. The molecule has 0 saturated carbocycles. The molecule has 0 aliphatic carbocycles. The van der Waals surface area contributed by atoms with Crippen LogP contribution in [0.5, 0.6) is 0 Å². The van der Waals surface area contributed by atoms with E-state index in [9.17, 15) is 9.59 Å². The minimum absolute atomic E-state index is 0.0504. The maximum absolute atomic E-state index is 12.6. The van der Waals surface area contributed by atoms with Crippen LogP contribution in [0.3, 0.4) is 0 Å². The number of hydrogen-bond acceptors (Lipinski definition) is 5. The molecule has 0 unspecified atom stereocenters. The normalized spacial score (nSPS) is 20.4. The minimum Gasteiger partial charge on any atom is -0.463 e. The van der Waals surface area contributed by atoms with Crippen LogP contribution in [-0.4, -0.2) is 30.2 Å². The zero-order chi connectivity index (χ0) is 17.1. The molecule has 1 amide bonds. The van der Waals surface area contributed by atoms with Crippen molar-refractivity contribution in [2.45, 2.75) is 19.4 Å². The van der Waals surface area contributed by atoms with Crippen LogP contribution in [0.4, 0.5) is 5.69 Å². The Morgan fingerprint density at radius 1 is 1.33 bits per heavy atom. The third-order valence-electron chi connectivity index (χ3n) is 4.11. The van der Waals surface area contributed by atoms with Crippen molar-refractivity contribution in [2.75, 3.05) is 18.1 Å². The van der Waals surface area contributed by atoms with Gasteiger partial charge in [0.15, 0.2) is 0 Å². The number of hydrogen-bond donors (Lipinski definition) is 1. The molecule has 2 atom stereocenters. The Hall–Kier alpha value is -2.18. The van der Waals surface area contributed by atoms with Crippen LogP contribution < -0.4 is 4.90 Å². The van der Waals surface area contributed by atoms with Crippen molar-refractivity contribution in [1.82, 2.24) is 0 Å². The topological polar surface area (TPSA) is 66.8 Å². The largest absolute Gasteiger partial charge is 0.463 e. The number of thiophene rings is 1. The molecule has 1 N–H and O–H groups in total. The Morgan fingerprint density at radius 2 is 2.08 bits per heavy atom. The Kier molecular flexibility index (Phi) is 4.97. The number of aliphatic hydroxyl groups is 1. The third kappa shape index (κ3) is 3.20. The summed E-state index contributed by atoms with van der Waals surface area (Å²) in [6.45, 7) is 1.71. The number of amides is 1. The van der Waals surface area contributed by atoms with Crippen molar-refractivity contribution >= 4 is 28.9 Å². The summed E-state index contributed by atoms with van der Waals surface area (Å²) in [4.78, 5) is 27.6. The van der Waals surface area contributed by atoms with Crippen LogP contribution in [-0.2, 0) is 14.3 Å². The summed E-state index contributed by atoms with van der Waals surface area (Å²) in [5, 5.41) is 10.8. The van der Waals surface area contributed by atoms with Gasteiger partial charge in [-0.05, 0) is 30.5 Å². The molecule has 24 heavy (non-hydrogen) atoms.